The Hall–Kier alpha value is -1.47. The maximum atomic E-state index is 12.8. The number of carbonyl (C=O) groups is 2. The van der Waals surface area contributed by atoms with Crippen molar-refractivity contribution >= 4 is 12.1 Å². The molecule has 0 aliphatic heterocycles. The third kappa shape index (κ3) is 5.35. The average Bonchev–Trinajstić information content (AvgIpc) is 2.08. The number of carbonyl (C=O) groups excluding carboxylic acids is 1. The second kappa shape index (κ2) is 5.26. The van der Waals surface area contributed by atoms with E-state index in [1.165, 1.54) is 20.8 Å². The number of ether oxygens (including phenoxy) is 1. The highest BCUT2D eigenvalue weighted by atomic mass is 19.4. The number of carboxylic acid groups (broad SMARTS) is 1. The maximum absolute atomic E-state index is 12.8. The molecule has 0 spiro atoms. The van der Waals surface area contributed by atoms with Gasteiger partial charge in [-0.1, -0.05) is 0 Å². The first kappa shape index (κ1) is 17.5. The quantitative estimate of drug-likeness (QED) is 0.835. The van der Waals surface area contributed by atoms with E-state index in [1.807, 2.05) is 0 Å². The molecular formula is C11H18F3NO4. The predicted octanol–water partition coefficient (Wildman–Crippen LogP) is 2.55. The lowest BCUT2D eigenvalue weighted by Gasteiger charge is -2.33. The van der Waals surface area contributed by atoms with E-state index in [4.69, 9.17) is 9.84 Å². The fraction of sp³-hybridized carbons (Fsp3) is 0.818. The van der Waals surface area contributed by atoms with Crippen LogP contribution in [-0.4, -0.2) is 35.0 Å². The minimum Gasteiger partial charge on any atom is -0.481 e. The molecule has 5 nitrogen and oxygen atoms in total. The van der Waals surface area contributed by atoms with Crippen LogP contribution in [0.1, 0.15) is 34.6 Å². The Labute approximate surface area is 109 Å². The molecule has 0 heterocycles. The van der Waals surface area contributed by atoms with E-state index in [0.717, 1.165) is 13.8 Å². The van der Waals surface area contributed by atoms with Crippen molar-refractivity contribution in [3.63, 3.8) is 0 Å². The minimum atomic E-state index is -4.90. The third-order valence-corrected chi connectivity index (χ3v) is 2.26. The van der Waals surface area contributed by atoms with Crippen LogP contribution in [0.2, 0.25) is 0 Å². The molecule has 0 aliphatic carbocycles. The van der Waals surface area contributed by atoms with Crippen LogP contribution in [0.25, 0.3) is 0 Å². The summed E-state index contributed by atoms with van der Waals surface area (Å²) in [6.45, 7) is 6.21. The molecule has 0 aromatic rings. The molecule has 0 bridgehead atoms. The number of carboxylic acids is 1. The zero-order valence-corrected chi connectivity index (χ0v) is 11.4. The fourth-order valence-electron chi connectivity index (χ4n) is 1.22. The number of amides is 1. The van der Waals surface area contributed by atoms with Gasteiger partial charge in [0.15, 0.2) is 0 Å². The second-order valence-corrected chi connectivity index (χ2v) is 5.65. The van der Waals surface area contributed by atoms with Crippen LogP contribution in [0.4, 0.5) is 18.0 Å². The Morgan fingerprint density at radius 1 is 1.11 bits per heavy atom. The molecule has 19 heavy (non-hydrogen) atoms. The summed E-state index contributed by atoms with van der Waals surface area (Å²) >= 11 is 0. The van der Waals surface area contributed by atoms with Gasteiger partial charge in [0.05, 0.1) is 5.41 Å². The molecule has 1 amide bonds. The molecule has 0 aromatic heterocycles. The standard InChI is InChI=1S/C11H18F3NO4/c1-9(2,3)19-8(18)15-6(11(12,13)14)10(4,5)7(16)17/h6H,1-5H3,(H,15,18)(H,16,17). The number of rotatable bonds is 3. The lowest BCUT2D eigenvalue weighted by atomic mass is 9.84. The van der Waals surface area contributed by atoms with Crippen molar-refractivity contribution in [1.82, 2.24) is 5.32 Å². The van der Waals surface area contributed by atoms with Gasteiger partial charge in [0.25, 0.3) is 0 Å². The summed E-state index contributed by atoms with van der Waals surface area (Å²) in [7, 11) is 0. The first-order chi connectivity index (χ1) is 8.18. The zero-order chi connectivity index (χ0) is 15.6. The Morgan fingerprint density at radius 2 is 1.53 bits per heavy atom. The topological polar surface area (TPSA) is 75.6 Å². The summed E-state index contributed by atoms with van der Waals surface area (Å²) in [5.41, 5.74) is -3.19. The number of alkyl halides is 3. The first-order valence-electron chi connectivity index (χ1n) is 5.47. The van der Waals surface area contributed by atoms with Crippen molar-refractivity contribution in [3.8, 4) is 0 Å². The van der Waals surface area contributed by atoms with Crippen LogP contribution in [0.15, 0.2) is 0 Å². The number of hydrogen-bond acceptors (Lipinski definition) is 3. The molecule has 0 aliphatic rings. The lowest BCUT2D eigenvalue weighted by molar-refractivity contribution is -0.190. The summed E-state index contributed by atoms with van der Waals surface area (Å²) in [5.74, 6) is -1.68. The van der Waals surface area contributed by atoms with E-state index in [-0.39, 0.29) is 0 Å². The van der Waals surface area contributed by atoms with Gasteiger partial charge in [-0.05, 0) is 34.6 Å². The number of hydrogen-bond donors (Lipinski definition) is 2. The molecule has 1 unspecified atom stereocenters. The highest BCUT2D eigenvalue weighted by Gasteiger charge is 2.54. The van der Waals surface area contributed by atoms with E-state index < -0.39 is 35.3 Å². The van der Waals surface area contributed by atoms with E-state index in [0.29, 0.717) is 0 Å². The Balaban J connectivity index is 5.13. The molecule has 112 valence electrons. The van der Waals surface area contributed by atoms with Crippen molar-refractivity contribution in [2.75, 3.05) is 0 Å². The summed E-state index contributed by atoms with van der Waals surface area (Å²) in [6.07, 6.45) is -6.22. The average molecular weight is 285 g/mol. The number of halogens is 3. The summed E-state index contributed by atoms with van der Waals surface area (Å²) < 4.78 is 43.2. The monoisotopic (exact) mass is 285 g/mol. The number of nitrogens with one attached hydrogen (secondary N) is 1. The van der Waals surface area contributed by atoms with E-state index in [1.54, 1.807) is 5.32 Å². The SMILES string of the molecule is CC(C)(C)OC(=O)NC(C(F)(F)F)C(C)(C)C(=O)O. The van der Waals surface area contributed by atoms with Crippen molar-refractivity contribution < 1.29 is 32.6 Å². The molecule has 0 rings (SSSR count). The van der Waals surface area contributed by atoms with Crippen molar-refractivity contribution in [2.45, 2.75) is 52.4 Å². The van der Waals surface area contributed by atoms with Gasteiger partial charge < -0.3 is 15.2 Å². The Kier molecular flexibility index (Phi) is 4.85. The molecular weight excluding hydrogens is 267 g/mol. The normalized spacial score (nSPS) is 14.7. The molecule has 1 atom stereocenters. The Bertz CT molecular complexity index is 358. The molecule has 0 fully saturated rings. The Morgan fingerprint density at radius 3 is 1.79 bits per heavy atom. The van der Waals surface area contributed by atoms with Gasteiger partial charge in [-0.25, -0.2) is 4.79 Å². The van der Waals surface area contributed by atoms with Crippen LogP contribution in [0.5, 0.6) is 0 Å². The molecule has 2 N–H and O–H groups in total. The molecule has 0 radical (unpaired) electrons. The van der Waals surface area contributed by atoms with Crippen LogP contribution in [0.3, 0.4) is 0 Å². The van der Waals surface area contributed by atoms with Crippen LogP contribution in [0, 0.1) is 5.41 Å². The fourth-order valence-corrected chi connectivity index (χ4v) is 1.22. The molecule has 8 heteroatoms. The third-order valence-electron chi connectivity index (χ3n) is 2.26. The van der Waals surface area contributed by atoms with Gasteiger partial charge in [0, 0.05) is 0 Å². The lowest BCUT2D eigenvalue weighted by Crippen LogP contribution is -2.57. The highest BCUT2D eigenvalue weighted by molar-refractivity contribution is 5.77. The van der Waals surface area contributed by atoms with Gasteiger partial charge >= 0.3 is 18.2 Å². The molecule has 0 saturated heterocycles. The summed E-state index contributed by atoms with van der Waals surface area (Å²) in [5, 5.41) is 10.4. The van der Waals surface area contributed by atoms with E-state index in [2.05, 4.69) is 0 Å². The highest BCUT2D eigenvalue weighted by Crippen LogP contribution is 2.34. The zero-order valence-electron chi connectivity index (χ0n) is 11.4. The first-order valence-corrected chi connectivity index (χ1v) is 5.47. The molecule has 0 saturated carbocycles. The van der Waals surface area contributed by atoms with E-state index in [9.17, 15) is 22.8 Å². The van der Waals surface area contributed by atoms with Gasteiger partial charge in [-0.2, -0.15) is 13.2 Å². The minimum absolute atomic E-state index is 0.880. The summed E-state index contributed by atoms with van der Waals surface area (Å²) in [6, 6.07) is -2.55. The van der Waals surface area contributed by atoms with Crippen LogP contribution < -0.4 is 5.32 Å². The number of aliphatic carboxylic acids is 1. The van der Waals surface area contributed by atoms with Crippen LogP contribution >= 0.6 is 0 Å². The smallest absolute Gasteiger partial charge is 0.409 e. The summed E-state index contributed by atoms with van der Waals surface area (Å²) in [4.78, 5) is 22.2. The second-order valence-electron chi connectivity index (χ2n) is 5.65. The van der Waals surface area contributed by atoms with Crippen molar-refractivity contribution in [2.24, 2.45) is 5.41 Å². The largest absolute Gasteiger partial charge is 0.481 e. The van der Waals surface area contributed by atoms with Crippen molar-refractivity contribution in [3.05, 3.63) is 0 Å². The predicted molar refractivity (Wildman–Crippen MR) is 60.6 cm³/mol. The van der Waals surface area contributed by atoms with E-state index >= 15 is 0 Å². The number of alkyl carbamates (subject to hydrolysis) is 1. The van der Waals surface area contributed by atoms with Gasteiger partial charge in [-0.15, -0.1) is 0 Å². The van der Waals surface area contributed by atoms with Crippen LogP contribution in [-0.2, 0) is 9.53 Å². The maximum Gasteiger partial charge on any atom is 0.409 e. The van der Waals surface area contributed by atoms with Gasteiger partial charge in [-0.3, -0.25) is 4.79 Å². The molecule has 0 aromatic carbocycles. The van der Waals surface area contributed by atoms with Gasteiger partial charge in [0.1, 0.15) is 11.6 Å². The van der Waals surface area contributed by atoms with Gasteiger partial charge in [0.2, 0.25) is 0 Å². The van der Waals surface area contributed by atoms with Crippen molar-refractivity contribution in [1.29, 1.82) is 0 Å².